The number of benzene rings is 3. The van der Waals surface area contributed by atoms with Gasteiger partial charge in [0.25, 0.3) is 0 Å². The summed E-state index contributed by atoms with van der Waals surface area (Å²) in [5.41, 5.74) is 2.38. The van der Waals surface area contributed by atoms with Crippen LogP contribution in [0.2, 0.25) is 0 Å². The molecular formula is C20H19FN2O. The lowest BCUT2D eigenvalue weighted by Crippen LogP contribution is -2.31. The van der Waals surface area contributed by atoms with Crippen molar-refractivity contribution in [3.05, 3.63) is 77.6 Å². The van der Waals surface area contributed by atoms with Crippen molar-refractivity contribution in [2.75, 3.05) is 12.4 Å². The van der Waals surface area contributed by atoms with Crippen LogP contribution in [0.1, 0.15) is 11.1 Å². The first-order valence-corrected chi connectivity index (χ1v) is 7.79. The number of carbonyl (C=O) groups excluding carboxylic acids is 1. The number of nitrogens with zero attached hydrogens (tertiary/aromatic N) is 1. The Morgan fingerprint density at radius 3 is 2.67 bits per heavy atom. The molecule has 0 aliphatic heterocycles. The van der Waals surface area contributed by atoms with E-state index in [9.17, 15) is 9.18 Å². The van der Waals surface area contributed by atoms with Crippen LogP contribution in [0.15, 0.2) is 60.7 Å². The van der Waals surface area contributed by atoms with Crippen molar-refractivity contribution in [3.8, 4) is 0 Å². The van der Waals surface area contributed by atoms with E-state index in [0.29, 0.717) is 12.2 Å². The molecule has 0 fully saturated rings. The number of fused-ring (bicyclic) bond motifs is 1. The molecule has 3 nitrogen and oxygen atoms in total. The van der Waals surface area contributed by atoms with Crippen LogP contribution in [0.3, 0.4) is 0 Å². The molecule has 24 heavy (non-hydrogen) atoms. The summed E-state index contributed by atoms with van der Waals surface area (Å²) in [5.74, 6) is -0.368. The van der Waals surface area contributed by atoms with E-state index in [1.165, 1.54) is 12.1 Å². The van der Waals surface area contributed by atoms with Gasteiger partial charge in [-0.25, -0.2) is 9.18 Å². The lowest BCUT2D eigenvalue weighted by Gasteiger charge is -2.20. The van der Waals surface area contributed by atoms with Gasteiger partial charge < -0.3 is 10.2 Å². The first kappa shape index (κ1) is 16.0. The number of amides is 2. The van der Waals surface area contributed by atoms with Crippen molar-refractivity contribution >= 4 is 22.5 Å². The van der Waals surface area contributed by atoms with Crippen LogP contribution >= 0.6 is 0 Å². The minimum absolute atomic E-state index is 0.267. The van der Waals surface area contributed by atoms with Crippen LogP contribution in [0.5, 0.6) is 0 Å². The third-order valence-corrected chi connectivity index (χ3v) is 4.08. The number of nitrogens with one attached hydrogen (secondary N) is 1. The third kappa shape index (κ3) is 3.38. The Morgan fingerprint density at radius 2 is 1.83 bits per heavy atom. The summed E-state index contributed by atoms with van der Waals surface area (Å²) in [7, 11) is 1.73. The Balaban J connectivity index is 1.77. The van der Waals surface area contributed by atoms with Gasteiger partial charge in [0.15, 0.2) is 0 Å². The van der Waals surface area contributed by atoms with Crippen LogP contribution in [-0.2, 0) is 6.54 Å². The van der Waals surface area contributed by atoms with Gasteiger partial charge in [0.1, 0.15) is 5.82 Å². The largest absolute Gasteiger partial charge is 0.323 e. The van der Waals surface area contributed by atoms with Crippen molar-refractivity contribution in [1.82, 2.24) is 4.90 Å². The molecule has 3 aromatic carbocycles. The molecule has 0 spiro atoms. The molecule has 3 aromatic rings. The first-order chi connectivity index (χ1) is 11.5. The number of carbonyl (C=O) groups is 1. The molecule has 0 saturated carbocycles. The SMILES string of the molecule is Cc1ccc(F)cc1NC(=O)N(C)Cc1cccc2ccccc12. The van der Waals surface area contributed by atoms with Crippen LogP contribution in [-0.4, -0.2) is 18.0 Å². The van der Waals surface area contributed by atoms with Crippen molar-refractivity contribution < 1.29 is 9.18 Å². The van der Waals surface area contributed by atoms with E-state index in [0.717, 1.165) is 21.9 Å². The lowest BCUT2D eigenvalue weighted by molar-refractivity contribution is 0.221. The number of rotatable bonds is 3. The number of aryl methyl sites for hydroxylation is 1. The molecule has 0 saturated heterocycles. The van der Waals surface area contributed by atoms with E-state index in [4.69, 9.17) is 0 Å². The Bertz CT molecular complexity index is 886. The maximum absolute atomic E-state index is 13.4. The maximum Gasteiger partial charge on any atom is 0.321 e. The molecule has 4 heteroatoms. The van der Waals surface area contributed by atoms with Crippen molar-refractivity contribution in [3.63, 3.8) is 0 Å². The van der Waals surface area contributed by atoms with E-state index in [-0.39, 0.29) is 11.8 Å². The van der Waals surface area contributed by atoms with E-state index in [2.05, 4.69) is 17.4 Å². The molecule has 2 amide bonds. The zero-order valence-electron chi connectivity index (χ0n) is 13.7. The Labute approximate surface area is 140 Å². The summed E-state index contributed by atoms with van der Waals surface area (Å²) >= 11 is 0. The zero-order valence-corrected chi connectivity index (χ0v) is 13.7. The summed E-state index contributed by atoms with van der Waals surface area (Å²) in [4.78, 5) is 14.0. The molecule has 0 aliphatic carbocycles. The van der Waals surface area contributed by atoms with Crippen molar-refractivity contribution in [1.29, 1.82) is 0 Å². The summed E-state index contributed by atoms with van der Waals surface area (Å²) in [5, 5.41) is 5.04. The molecular weight excluding hydrogens is 303 g/mol. The van der Waals surface area contributed by atoms with E-state index >= 15 is 0 Å². The molecule has 122 valence electrons. The summed E-state index contributed by atoms with van der Waals surface area (Å²) in [6, 6.07) is 18.2. The highest BCUT2D eigenvalue weighted by Gasteiger charge is 2.12. The van der Waals surface area contributed by atoms with Crippen LogP contribution in [0.4, 0.5) is 14.9 Å². The third-order valence-electron chi connectivity index (χ3n) is 4.08. The lowest BCUT2D eigenvalue weighted by atomic mass is 10.0. The molecule has 1 N–H and O–H groups in total. The Hall–Kier alpha value is -2.88. The fourth-order valence-electron chi connectivity index (χ4n) is 2.70. The number of halogens is 1. The number of urea groups is 1. The summed E-state index contributed by atoms with van der Waals surface area (Å²) in [6.07, 6.45) is 0. The summed E-state index contributed by atoms with van der Waals surface area (Å²) in [6.45, 7) is 2.31. The average molecular weight is 322 g/mol. The standard InChI is InChI=1S/C20H19FN2O/c1-14-10-11-17(21)12-19(14)22-20(24)23(2)13-16-8-5-7-15-6-3-4-9-18(15)16/h3-12H,13H2,1-2H3,(H,22,24). The van der Waals surface area contributed by atoms with Crippen LogP contribution < -0.4 is 5.32 Å². The molecule has 0 atom stereocenters. The van der Waals surface area contributed by atoms with Crippen molar-refractivity contribution in [2.45, 2.75) is 13.5 Å². The molecule has 0 unspecified atom stereocenters. The maximum atomic E-state index is 13.4. The predicted molar refractivity (Wildman–Crippen MR) is 95.6 cm³/mol. The normalized spacial score (nSPS) is 10.6. The smallest absolute Gasteiger partial charge is 0.321 e. The highest BCUT2D eigenvalue weighted by molar-refractivity contribution is 5.91. The second-order valence-corrected chi connectivity index (χ2v) is 5.88. The zero-order chi connectivity index (χ0) is 17.1. The van der Waals surface area contributed by atoms with Gasteiger partial charge in [0.2, 0.25) is 0 Å². The van der Waals surface area contributed by atoms with Crippen molar-refractivity contribution in [2.24, 2.45) is 0 Å². The molecule has 0 aromatic heterocycles. The van der Waals surface area contributed by atoms with Gasteiger partial charge in [0.05, 0.1) is 0 Å². The molecule has 0 aliphatic rings. The minimum Gasteiger partial charge on any atom is -0.323 e. The van der Waals surface area contributed by atoms with E-state index in [1.54, 1.807) is 18.0 Å². The number of anilines is 1. The molecule has 0 bridgehead atoms. The quantitative estimate of drug-likeness (QED) is 0.727. The van der Waals surface area contributed by atoms with Gasteiger partial charge in [-0.05, 0) is 41.0 Å². The number of hydrogen-bond acceptors (Lipinski definition) is 1. The minimum atomic E-state index is -0.368. The first-order valence-electron chi connectivity index (χ1n) is 7.79. The molecule has 0 radical (unpaired) electrons. The van der Waals surface area contributed by atoms with Crippen LogP contribution in [0, 0.1) is 12.7 Å². The molecule has 3 rings (SSSR count). The van der Waals surface area contributed by atoms with Gasteiger partial charge in [-0.3, -0.25) is 0 Å². The molecule has 0 heterocycles. The van der Waals surface area contributed by atoms with E-state index in [1.807, 2.05) is 37.3 Å². The predicted octanol–water partition coefficient (Wildman–Crippen LogP) is 4.95. The van der Waals surface area contributed by atoms with Crippen LogP contribution in [0.25, 0.3) is 10.8 Å². The van der Waals surface area contributed by atoms with Gasteiger partial charge >= 0.3 is 6.03 Å². The highest BCUT2D eigenvalue weighted by atomic mass is 19.1. The second kappa shape index (κ2) is 6.71. The van der Waals surface area contributed by atoms with Gasteiger partial charge in [-0.2, -0.15) is 0 Å². The average Bonchev–Trinajstić information content (AvgIpc) is 2.58. The Kier molecular flexibility index (Phi) is 4.47. The van der Waals surface area contributed by atoms with Gasteiger partial charge in [-0.1, -0.05) is 48.5 Å². The van der Waals surface area contributed by atoms with Gasteiger partial charge in [-0.15, -0.1) is 0 Å². The second-order valence-electron chi connectivity index (χ2n) is 5.88. The monoisotopic (exact) mass is 322 g/mol. The fraction of sp³-hybridized carbons (Fsp3) is 0.150. The van der Waals surface area contributed by atoms with Gasteiger partial charge in [0, 0.05) is 19.3 Å². The highest BCUT2D eigenvalue weighted by Crippen LogP contribution is 2.21. The number of hydrogen-bond donors (Lipinski definition) is 1. The fourth-order valence-corrected chi connectivity index (χ4v) is 2.70. The topological polar surface area (TPSA) is 32.3 Å². The summed E-state index contributed by atoms with van der Waals surface area (Å²) < 4.78 is 13.4. The van der Waals surface area contributed by atoms with E-state index < -0.39 is 0 Å². The Morgan fingerprint density at radius 1 is 1.08 bits per heavy atom.